The topological polar surface area (TPSA) is 73.9 Å². The van der Waals surface area contributed by atoms with Crippen molar-refractivity contribution in [3.8, 4) is 0 Å². The molecular weight excluding hydrogens is 752 g/mol. The van der Waals surface area contributed by atoms with Gasteiger partial charge in [0.25, 0.3) is 0 Å². The number of halogens is 1. The van der Waals surface area contributed by atoms with Gasteiger partial charge >= 0.3 is 5.97 Å². The van der Waals surface area contributed by atoms with Crippen LogP contribution in [0.1, 0.15) is 39.9 Å². The van der Waals surface area contributed by atoms with E-state index in [0.29, 0.717) is 12.1 Å². The Morgan fingerprint density at radius 2 is 1.20 bits per heavy atom. The maximum atomic E-state index is 11.3. The average molecular weight is 804 g/mol. The van der Waals surface area contributed by atoms with E-state index in [4.69, 9.17) is 0 Å². The molecule has 6 aromatic rings. The molecule has 2 aliphatic heterocycles. The van der Waals surface area contributed by atoms with Crippen LogP contribution in [0, 0.1) is 0 Å². The fourth-order valence-corrected chi connectivity index (χ4v) is 7.98. The number of nitrogens with zero attached hydrogens (tertiary/aromatic N) is 8. The smallest absolute Gasteiger partial charge is 0.330 e. The summed E-state index contributed by atoms with van der Waals surface area (Å²) in [6.45, 7) is 8.50. The Bertz CT molecular complexity index is 2180. The van der Waals surface area contributed by atoms with Crippen molar-refractivity contribution in [2.45, 2.75) is 24.9 Å². The normalized spacial score (nSPS) is 18.8. The zero-order chi connectivity index (χ0) is 38.1. The molecule has 4 aromatic heterocycles. The molecule has 2 saturated heterocycles. The van der Waals surface area contributed by atoms with Crippen LogP contribution in [0.15, 0.2) is 120 Å². The molecule has 0 bridgehead atoms. The van der Waals surface area contributed by atoms with E-state index in [0.717, 1.165) is 75.2 Å². The molecule has 10 nitrogen and oxygen atoms in total. The van der Waals surface area contributed by atoms with E-state index in [9.17, 15) is 4.79 Å². The van der Waals surface area contributed by atoms with Gasteiger partial charge in [0, 0.05) is 87.4 Å². The molecule has 2 aromatic carbocycles. The molecule has 11 heteroatoms. The molecule has 0 amide bonds. The second kappa shape index (κ2) is 18.3. The third kappa shape index (κ3) is 9.78. The van der Waals surface area contributed by atoms with Crippen LogP contribution in [0.3, 0.4) is 0 Å². The van der Waals surface area contributed by atoms with Crippen LogP contribution in [-0.2, 0) is 22.4 Å². The standard InChI is InChI=1S/C24H28N4O2.C20H23BrN4/c1-26-15-16-27(14-12-21-17-25-28-13-4-3-5-22(21)28)23(18-26)20-9-6-19(7-10-20)8-11-24(29)30-2;1-23-12-13-24(20(15-23)16-5-7-18(21)8-6-16)11-9-17-14-22-25-10-3-2-4-19(17)25/h3-11,13,17,23H,12,14-16,18H2,1-2H3;2-8,10,14,20H,9,11-13,15H2,1H3/b11-8+;. The lowest BCUT2D eigenvalue weighted by Gasteiger charge is -2.40. The van der Waals surface area contributed by atoms with Gasteiger partial charge in [-0.25, -0.2) is 13.8 Å². The number of pyridine rings is 2. The van der Waals surface area contributed by atoms with E-state index in [-0.39, 0.29) is 5.97 Å². The molecule has 2 atom stereocenters. The van der Waals surface area contributed by atoms with E-state index >= 15 is 0 Å². The third-order valence-electron chi connectivity index (χ3n) is 10.9. The van der Waals surface area contributed by atoms with Crippen molar-refractivity contribution in [2.24, 2.45) is 0 Å². The van der Waals surface area contributed by atoms with Crippen molar-refractivity contribution in [2.75, 3.05) is 73.6 Å². The fraction of sp³-hybridized carbons (Fsp3) is 0.341. The summed E-state index contributed by atoms with van der Waals surface area (Å²) in [6, 6.07) is 30.5. The van der Waals surface area contributed by atoms with Gasteiger partial charge in [-0.15, -0.1) is 0 Å². The first-order valence-electron chi connectivity index (χ1n) is 19.1. The minimum absolute atomic E-state index is 0.341. The highest BCUT2D eigenvalue weighted by Crippen LogP contribution is 2.28. The van der Waals surface area contributed by atoms with E-state index in [1.807, 2.05) is 46.0 Å². The number of rotatable bonds is 10. The molecule has 6 heterocycles. The number of fused-ring (bicyclic) bond motifs is 2. The molecule has 0 radical (unpaired) electrons. The maximum Gasteiger partial charge on any atom is 0.330 e. The van der Waals surface area contributed by atoms with Crippen molar-refractivity contribution >= 4 is 39.0 Å². The first-order valence-corrected chi connectivity index (χ1v) is 19.9. The fourth-order valence-electron chi connectivity index (χ4n) is 7.72. The number of carbonyl (C=O) groups excluding carboxylic acids is 1. The summed E-state index contributed by atoms with van der Waals surface area (Å²) < 4.78 is 9.70. The van der Waals surface area contributed by atoms with Gasteiger partial charge in [0.2, 0.25) is 0 Å². The van der Waals surface area contributed by atoms with Crippen LogP contribution >= 0.6 is 15.9 Å². The van der Waals surface area contributed by atoms with Crippen LogP contribution < -0.4 is 0 Å². The monoisotopic (exact) mass is 802 g/mol. The molecule has 286 valence electrons. The highest BCUT2D eigenvalue weighted by atomic mass is 79.9. The Kier molecular flexibility index (Phi) is 12.9. The first kappa shape index (κ1) is 38.6. The molecule has 0 aliphatic carbocycles. The molecule has 0 N–H and O–H groups in total. The third-order valence-corrected chi connectivity index (χ3v) is 11.5. The number of carbonyl (C=O) groups is 1. The number of piperazine rings is 2. The van der Waals surface area contributed by atoms with Crippen molar-refractivity contribution in [1.82, 2.24) is 38.8 Å². The van der Waals surface area contributed by atoms with Crippen molar-refractivity contribution in [3.63, 3.8) is 0 Å². The lowest BCUT2D eigenvalue weighted by atomic mass is 10.00. The van der Waals surface area contributed by atoms with Gasteiger partial charge in [-0.3, -0.25) is 9.80 Å². The Balaban J connectivity index is 0.000000172. The average Bonchev–Trinajstić information content (AvgIpc) is 3.84. The van der Waals surface area contributed by atoms with Gasteiger partial charge in [-0.05, 0) is 97.2 Å². The van der Waals surface area contributed by atoms with Gasteiger partial charge in [0.15, 0.2) is 0 Å². The SMILES string of the molecule is CN1CCN(CCc2cnn3ccccc23)C(c2ccc(Br)cc2)C1.COC(=O)/C=C/c1ccc(C2CN(C)CCN2CCc2cnn3ccccc23)cc1. The van der Waals surface area contributed by atoms with E-state index in [1.165, 1.54) is 46.5 Å². The Morgan fingerprint density at radius 1 is 0.709 bits per heavy atom. The summed E-state index contributed by atoms with van der Waals surface area (Å²) in [5, 5.41) is 8.93. The van der Waals surface area contributed by atoms with Crippen LogP contribution in [0.25, 0.3) is 17.1 Å². The second-order valence-corrected chi connectivity index (χ2v) is 15.5. The van der Waals surface area contributed by atoms with Gasteiger partial charge in [0.1, 0.15) is 0 Å². The summed E-state index contributed by atoms with van der Waals surface area (Å²) in [5.74, 6) is -0.341. The predicted octanol–water partition coefficient (Wildman–Crippen LogP) is 6.68. The minimum Gasteiger partial charge on any atom is -0.466 e. The molecule has 2 fully saturated rings. The second-order valence-electron chi connectivity index (χ2n) is 14.6. The number of benzene rings is 2. The van der Waals surface area contributed by atoms with Gasteiger partial charge in [-0.1, -0.05) is 64.5 Å². The summed E-state index contributed by atoms with van der Waals surface area (Å²) in [5.41, 5.74) is 8.71. The molecule has 0 saturated carbocycles. The number of ether oxygens (including phenoxy) is 1. The van der Waals surface area contributed by atoms with Gasteiger partial charge in [0.05, 0.1) is 30.5 Å². The summed E-state index contributed by atoms with van der Waals surface area (Å²) in [7, 11) is 5.79. The van der Waals surface area contributed by atoms with Crippen molar-refractivity contribution in [3.05, 3.63) is 148 Å². The summed E-state index contributed by atoms with van der Waals surface area (Å²) in [4.78, 5) is 21.3. The van der Waals surface area contributed by atoms with Crippen LogP contribution in [0.2, 0.25) is 0 Å². The van der Waals surface area contributed by atoms with E-state index in [2.05, 4.69) is 137 Å². The molecule has 0 spiro atoms. The molecule has 55 heavy (non-hydrogen) atoms. The van der Waals surface area contributed by atoms with Crippen molar-refractivity contribution in [1.29, 1.82) is 0 Å². The summed E-state index contributed by atoms with van der Waals surface area (Å²) >= 11 is 3.54. The Labute approximate surface area is 332 Å². The van der Waals surface area contributed by atoms with Crippen LogP contribution in [-0.4, -0.2) is 118 Å². The summed E-state index contributed by atoms with van der Waals surface area (Å²) in [6.07, 6.45) is 13.3. The number of esters is 1. The van der Waals surface area contributed by atoms with Crippen LogP contribution in [0.4, 0.5) is 0 Å². The minimum atomic E-state index is -0.341. The quantitative estimate of drug-likeness (QED) is 0.112. The maximum absolute atomic E-state index is 11.3. The zero-order valence-electron chi connectivity index (χ0n) is 32.0. The number of methoxy groups -OCH3 is 1. The molecule has 2 aliphatic rings. The first-order chi connectivity index (χ1) is 26.8. The highest BCUT2D eigenvalue weighted by molar-refractivity contribution is 9.10. The van der Waals surface area contributed by atoms with Gasteiger partial charge in [-0.2, -0.15) is 10.2 Å². The molecule has 2 unspecified atom stereocenters. The lowest BCUT2D eigenvalue weighted by Crippen LogP contribution is -2.47. The van der Waals surface area contributed by atoms with Crippen molar-refractivity contribution < 1.29 is 9.53 Å². The predicted molar refractivity (Wildman–Crippen MR) is 223 cm³/mol. The number of likely N-dealkylation sites (N-methyl/N-ethyl adjacent to an activating group) is 2. The molecular formula is C44H51BrN8O2. The number of hydrogen-bond donors (Lipinski definition) is 0. The van der Waals surface area contributed by atoms with Crippen LogP contribution in [0.5, 0.6) is 0 Å². The lowest BCUT2D eigenvalue weighted by molar-refractivity contribution is -0.134. The zero-order valence-corrected chi connectivity index (χ0v) is 33.6. The van der Waals surface area contributed by atoms with Gasteiger partial charge < -0.3 is 14.5 Å². The number of hydrogen-bond acceptors (Lipinski definition) is 8. The van der Waals surface area contributed by atoms with E-state index in [1.54, 1.807) is 6.08 Å². The molecule has 8 rings (SSSR count). The largest absolute Gasteiger partial charge is 0.466 e. The highest BCUT2D eigenvalue weighted by Gasteiger charge is 2.28. The Morgan fingerprint density at radius 3 is 1.69 bits per heavy atom. The van der Waals surface area contributed by atoms with E-state index < -0.39 is 0 Å². The number of aromatic nitrogens is 4. The Hall–Kier alpha value is -4.65.